The minimum Gasteiger partial charge on any atom is -0.395 e. The number of hydrogen-bond acceptors (Lipinski definition) is 1. The maximum Gasteiger partial charge on any atom is 0.0537 e. The van der Waals surface area contributed by atoms with Gasteiger partial charge in [0.2, 0.25) is 0 Å². The number of fused-ring (bicyclic) bond motifs is 7. The van der Waals surface area contributed by atoms with E-state index < -0.39 is 0 Å². The minimum absolute atomic E-state index is 0.0512. The van der Waals surface area contributed by atoms with Crippen molar-refractivity contribution in [1.29, 1.82) is 0 Å². The van der Waals surface area contributed by atoms with Crippen molar-refractivity contribution in [2.24, 2.45) is 5.92 Å². The van der Waals surface area contributed by atoms with Gasteiger partial charge in [0.15, 0.2) is 0 Å². The number of benzene rings is 2. The lowest BCUT2D eigenvalue weighted by molar-refractivity contribution is 0.245. The third-order valence-corrected chi connectivity index (χ3v) is 5.48. The molecule has 1 saturated carbocycles. The van der Waals surface area contributed by atoms with Crippen LogP contribution in [-0.4, -0.2) is 11.7 Å². The van der Waals surface area contributed by atoms with Gasteiger partial charge in [-0.3, -0.25) is 0 Å². The van der Waals surface area contributed by atoms with Crippen molar-refractivity contribution in [2.75, 3.05) is 6.61 Å². The van der Waals surface area contributed by atoms with Crippen molar-refractivity contribution in [1.82, 2.24) is 0 Å². The lowest BCUT2D eigenvalue weighted by Gasteiger charge is -2.14. The summed E-state index contributed by atoms with van der Waals surface area (Å²) >= 11 is 0. The SMILES string of the molecule is OC[C@@]12c3ccccc3[C@@H]3c4ccccc4[C@H]1[C@@H]32. The van der Waals surface area contributed by atoms with Crippen molar-refractivity contribution < 1.29 is 5.11 Å². The molecule has 1 heteroatoms. The quantitative estimate of drug-likeness (QED) is 0.804. The first kappa shape index (κ1) is 9.35. The molecule has 0 heterocycles. The molecule has 88 valence electrons. The van der Waals surface area contributed by atoms with E-state index >= 15 is 0 Å². The van der Waals surface area contributed by atoms with Gasteiger partial charge in [0.05, 0.1) is 6.61 Å². The molecule has 1 fully saturated rings. The molecule has 0 bridgehead atoms. The molecule has 0 saturated heterocycles. The Morgan fingerprint density at radius 3 is 2.33 bits per heavy atom. The maximum absolute atomic E-state index is 9.96. The van der Waals surface area contributed by atoms with Gasteiger partial charge in [0.1, 0.15) is 0 Å². The fraction of sp³-hybridized carbons (Fsp3) is 0.294. The normalized spacial score (nSPS) is 37.1. The van der Waals surface area contributed by atoms with Crippen LogP contribution in [0.3, 0.4) is 0 Å². The van der Waals surface area contributed by atoms with Crippen LogP contribution in [0.2, 0.25) is 0 Å². The van der Waals surface area contributed by atoms with Gasteiger partial charge in [0.25, 0.3) is 0 Å². The smallest absolute Gasteiger partial charge is 0.0537 e. The topological polar surface area (TPSA) is 20.2 Å². The monoisotopic (exact) mass is 234 g/mol. The van der Waals surface area contributed by atoms with Crippen LogP contribution in [0.5, 0.6) is 0 Å². The van der Waals surface area contributed by atoms with Gasteiger partial charge >= 0.3 is 0 Å². The molecular formula is C17H14O. The summed E-state index contributed by atoms with van der Waals surface area (Å²) in [6.07, 6.45) is 0. The number of rotatable bonds is 1. The summed E-state index contributed by atoms with van der Waals surface area (Å²) < 4.78 is 0. The van der Waals surface area contributed by atoms with Gasteiger partial charge in [-0.2, -0.15) is 0 Å². The van der Waals surface area contributed by atoms with E-state index in [1.54, 1.807) is 0 Å². The maximum atomic E-state index is 9.96. The van der Waals surface area contributed by atoms with E-state index in [2.05, 4.69) is 48.5 Å². The molecule has 1 N–H and O–H groups in total. The molecular weight excluding hydrogens is 220 g/mol. The highest BCUT2D eigenvalue weighted by molar-refractivity contribution is 5.67. The minimum atomic E-state index is 0.0512. The van der Waals surface area contributed by atoms with Crippen LogP contribution in [0, 0.1) is 5.92 Å². The Kier molecular flexibility index (Phi) is 1.40. The van der Waals surface area contributed by atoms with Gasteiger partial charge < -0.3 is 5.11 Å². The molecule has 2 aromatic rings. The van der Waals surface area contributed by atoms with Crippen LogP contribution in [0.25, 0.3) is 0 Å². The van der Waals surface area contributed by atoms with Crippen molar-refractivity contribution >= 4 is 0 Å². The van der Waals surface area contributed by atoms with Gasteiger partial charge in [-0.15, -0.1) is 0 Å². The first-order valence-corrected chi connectivity index (χ1v) is 6.68. The van der Waals surface area contributed by atoms with Crippen LogP contribution in [0.1, 0.15) is 34.1 Å². The Morgan fingerprint density at radius 1 is 0.889 bits per heavy atom. The zero-order valence-electron chi connectivity index (χ0n) is 10.0. The van der Waals surface area contributed by atoms with E-state index in [1.165, 1.54) is 22.3 Å². The summed E-state index contributed by atoms with van der Waals surface area (Å²) in [7, 11) is 0. The largest absolute Gasteiger partial charge is 0.395 e. The third-order valence-electron chi connectivity index (χ3n) is 5.48. The first-order chi connectivity index (χ1) is 8.89. The molecule has 18 heavy (non-hydrogen) atoms. The van der Waals surface area contributed by atoms with E-state index in [4.69, 9.17) is 0 Å². The van der Waals surface area contributed by atoms with E-state index in [-0.39, 0.29) is 5.41 Å². The van der Waals surface area contributed by atoms with Crippen molar-refractivity contribution in [2.45, 2.75) is 17.3 Å². The molecule has 0 spiro atoms. The van der Waals surface area contributed by atoms with Crippen LogP contribution in [0.15, 0.2) is 48.5 Å². The van der Waals surface area contributed by atoms with Crippen molar-refractivity contribution in [3.8, 4) is 0 Å². The Morgan fingerprint density at radius 2 is 1.56 bits per heavy atom. The summed E-state index contributed by atoms with van der Waals surface area (Å²) in [5.74, 6) is 1.73. The molecule has 0 aliphatic heterocycles. The molecule has 2 aromatic carbocycles. The first-order valence-electron chi connectivity index (χ1n) is 6.68. The van der Waals surface area contributed by atoms with Gasteiger partial charge in [-0.1, -0.05) is 48.5 Å². The van der Waals surface area contributed by atoms with Gasteiger partial charge in [-0.25, -0.2) is 0 Å². The Balaban J connectivity index is 1.86. The lowest BCUT2D eigenvalue weighted by Crippen LogP contribution is -2.16. The Hall–Kier alpha value is -1.60. The van der Waals surface area contributed by atoms with Gasteiger partial charge in [0, 0.05) is 17.3 Å². The molecule has 5 rings (SSSR count). The highest BCUT2D eigenvalue weighted by atomic mass is 16.3. The summed E-state index contributed by atoms with van der Waals surface area (Å²) in [6.45, 7) is 0.296. The molecule has 4 atom stereocenters. The van der Waals surface area contributed by atoms with E-state index in [9.17, 15) is 5.11 Å². The molecule has 0 aromatic heterocycles. The third kappa shape index (κ3) is 0.733. The number of aliphatic hydroxyl groups excluding tert-OH is 1. The Labute approximate surface area is 106 Å². The molecule has 1 nitrogen and oxygen atoms in total. The highest BCUT2D eigenvalue weighted by Gasteiger charge is 2.76. The molecule has 0 unspecified atom stereocenters. The molecule has 3 aliphatic carbocycles. The second kappa shape index (κ2) is 2.70. The van der Waals surface area contributed by atoms with Crippen molar-refractivity contribution in [3.05, 3.63) is 70.8 Å². The van der Waals surface area contributed by atoms with Crippen LogP contribution in [-0.2, 0) is 5.41 Å². The average molecular weight is 234 g/mol. The number of hydrogen-bond donors (Lipinski definition) is 1. The highest BCUT2D eigenvalue weighted by Crippen LogP contribution is 2.80. The fourth-order valence-corrected chi connectivity index (χ4v) is 4.89. The second-order valence-corrected chi connectivity index (χ2v) is 5.90. The predicted molar refractivity (Wildman–Crippen MR) is 69.7 cm³/mol. The lowest BCUT2D eigenvalue weighted by atomic mass is 9.91. The Bertz CT molecular complexity index is 675. The summed E-state index contributed by atoms with van der Waals surface area (Å²) in [5.41, 5.74) is 5.90. The van der Waals surface area contributed by atoms with Crippen molar-refractivity contribution in [3.63, 3.8) is 0 Å². The predicted octanol–water partition coefficient (Wildman–Crippen LogP) is 2.79. The molecule has 3 aliphatic rings. The summed E-state index contributed by atoms with van der Waals surface area (Å²) in [6, 6.07) is 17.5. The standard InChI is InChI=1S/C17H14O/c18-9-17-13-8-4-3-7-12(13)14-10-5-1-2-6-11(10)15(17)16(14)17/h1-8,14-16,18H,9H2/t14-,15-,16+,17+/m0/s1. The fourth-order valence-electron chi connectivity index (χ4n) is 4.89. The van der Waals surface area contributed by atoms with E-state index in [1.807, 2.05) is 0 Å². The summed E-state index contributed by atoms with van der Waals surface area (Å²) in [5, 5.41) is 9.96. The summed E-state index contributed by atoms with van der Waals surface area (Å²) in [4.78, 5) is 0. The van der Waals surface area contributed by atoms with E-state index in [0.29, 0.717) is 24.4 Å². The average Bonchev–Trinajstić information content (AvgIpc) is 2.87. The van der Waals surface area contributed by atoms with Crippen LogP contribution >= 0.6 is 0 Å². The van der Waals surface area contributed by atoms with Crippen LogP contribution in [0.4, 0.5) is 0 Å². The van der Waals surface area contributed by atoms with E-state index in [0.717, 1.165) is 0 Å². The number of aliphatic hydroxyl groups is 1. The van der Waals surface area contributed by atoms with Crippen LogP contribution < -0.4 is 0 Å². The van der Waals surface area contributed by atoms with Gasteiger partial charge in [-0.05, 0) is 28.2 Å². The molecule has 0 amide bonds. The zero-order valence-corrected chi connectivity index (χ0v) is 10.0. The molecule has 0 radical (unpaired) electrons. The zero-order chi connectivity index (χ0) is 11.9. The second-order valence-electron chi connectivity index (χ2n) is 5.90.